The molecule has 5 nitrogen and oxygen atoms in total. The number of rotatable bonds is 2. The Bertz CT molecular complexity index is 386. The Kier molecular flexibility index (Phi) is 1.96. The van der Waals surface area contributed by atoms with E-state index in [0.29, 0.717) is 22.2 Å². The van der Waals surface area contributed by atoms with Gasteiger partial charge in [-0.15, -0.1) is 0 Å². The molecule has 2 aromatic rings. The van der Waals surface area contributed by atoms with Crippen LogP contribution in [0.2, 0.25) is 0 Å². The molecule has 0 amide bonds. The van der Waals surface area contributed by atoms with Gasteiger partial charge in [-0.05, 0) is 10.3 Å². The van der Waals surface area contributed by atoms with E-state index in [0.717, 1.165) is 0 Å². The normalized spacial score (nSPS) is 10.9. The second kappa shape index (κ2) is 3.12. The van der Waals surface area contributed by atoms with Crippen LogP contribution in [-0.4, -0.2) is 20.5 Å². The molecule has 0 unspecified atom stereocenters. The van der Waals surface area contributed by atoms with Crippen LogP contribution in [0.4, 0.5) is 0 Å². The average Bonchev–Trinajstić information content (AvgIpc) is 2.64. The summed E-state index contributed by atoms with van der Waals surface area (Å²) in [6.07, 6.45) is 0. The quantitative estimate of drug-likeness (QED) is 0.690. The Morgan fingerprint density at radius 3 is 1.85 bits per heavy atom. The van der Waals surface area contributed by atoms with Crippen LogP contribution in [0.3, 0.4) is 0 Å². The first-order valence-corrected chi connectivity index (χ1v) is 3.81. The summed E-state index contributed by atoms with van der Waals surface area (Å²) in [5.41, 5.74) is 2.31. The number of nitrogens with zero attached hydrogens (tertiary/aromatic N) is 2. The van der Waals surface area contributed by atoms with Gasteiger partial charge in [-0.3, -0.25) is 0 Å². The highest BCUT2D eigenvalue weighted by Crippen LogP contribution is 2.19. The van der Waals surface area contributed by atoms with Crippen LogP contribution in [0.15, 0.2) is 16.8 Å². The van der Waals surface area contributed by atoms with E-state index in [4.69, 9.17) is 10.2 Å². The smallest absolute Gasteiger partial charge is 0.141 e. The Balaban J connectivity index is 2.74. The second-order valence-electron chi connectivity index (χ2n) is 2.66. The summed E-state index contributed by atoms with van der Waals surface area (Å²) >= 11 is 0. The van der Waals surface area contributed by atoms with E-state index in [9.17, 15) is 0 Å². The highest BCUT2D eigenvalue weighted by Gasteiger charge is 2.09. The second-order valence-corrected chi connectivity index (χ2v) is 2.66. The minimum Gasteiger partial charge on any atom is -0.392 e. The molecular formula is C8H8N2O3. The lowest BCUT2D eigenvalue weighted by Gasteiger charge is -1.98. The molecular weight excluding hydrogens is 172 g/mol. The summed E-state index contributed by atoms with van der Waals surface area (Å²) in [5.74, 6) is 0. The zero-order valence-corrected chi connectivity index (χ0v) is 6.77. The summed E-state index contributed by atoms with van der Waals surface area (Å²) in [6.45, 7) is -0.229. The van der Waals surface area contributed by atoms with E-state index in [1.165, 1.54) is 0 Å². The van der Waals surface area contributed by atoms with Gasteiger partial charge in [-0.2, -0.15) is 0 Å². The predicted molar refractivity (Wildman–Crippen MR) is 43.6 cm³/mol. The topological polar surface area (TPSA) is 79.4 Å². The van der Waals surface area contributed by atoms with E-state index in [-0.39, 0.29) is 13.2 Å². The Morgan fingerprint density at radius 1 is 1.00 bits per heavy atom. The maximum Gasteiger partial charge on any atom is 0.141 e. The fourth-order valence-corrected chi connectivity index (χ4v) is 1.22. The van der Waals surface area contributed by atoms with E-state index >= 15 is 0 Å². The average molecular weight is 180 g/mol. The summed E-state index contributed by atoms with van der Waals surface area (Å²) in [4.78, 5) is 0. The lowest BCUT2D eigenvalue weighted by Crippen LogP contribution is -1.90. The molecule has 0 saturated heterocycles. The molecule has 1 aromatic carbocycles. The van der Waals surface area contributed by atoms with Crippen molar-refractivity contribution in [1.82, 2.24) is 10.3 Å². The Labute approximate surface area is 73.6 Å². The molecule has 0 fully saturated rings. The van der Waals surface area contributed by atoms with Crippen molar-refractivity contribution in [3.05, 3.63) is 23.3 Å². The van der Waals surface area contributed by atoms with Gasteiger partial charge in [0.15, 0.2) is 0 Å². The molecule has 0 atom stereocenters. The molecule has 68 valence electrons. The largest absolute Gasteiger partial charge is 0.392 e. The number of hydrogen-bond donors (Lipinski definition) is 2. The molecule has 0 aliphatic carbocycles. The van der Waals surface area contributed by atoms with Gasteiger partial charge in [-0.1, -0.05) is 12.1 Å². The van der Waals surface area contributed by atoms with Gasteiger partial charge in [0.25, 0.3) is 0 Å². The number of hydrogen-bond acceptors (Lipinski definition) is 5. The van der Waals surface area contributed by atoms with E-state index in [1.54, 1.807) is 12.1 Å². The van der Waals surface area contributed by atoms with Crippen LogP contribution in [0.5, 0.6) is 0 Å². The zero-order valence-electron chi connectivity index (χ0n) is 6.77. The van der Waals surface area contributed by atoms with E-state index in [1.807, 2.05) is 0 Å². The lowest BCUT2D eigenvalue weighted by molar-refractivity contribution is 0.280. The van der Waals surface area contributed by atoms with Crippen LogP contribution in [0, 0.1) is 0 Å². The molecule has 2 rings (SSSR count). The maximum atomic E-state index is 8.95. The zero-order chi connectivity index (χ0) is 9.26. The summed E-state index contributed by atoms with van der Waals surface area (Å²) in [7, 11) is 0. The fraction of sp³-hybridized carbons (Fsp3) is 0.250. The van der Waals surface area contributed by atoms with E-state index in [2.05, 4.69) is 14.9 Å². The minimum absolute atomic E-state index is 0.115. The number of fused-ring (bicyclic) bond motifs is 1. The fourth-order valence-electron chi connectivity index (χ4n) is 1.22. The third-order valence-electron chi connectivity index (χ3n) is 1.92. The van der Waals surface area contributed by atoms with Gasteiger partial charge in [0, 0.05) is 11.1 Å². The van der Waals surface area contributed by atoms with Crippen LogP contribution in [0.1, 0.15) is 11.1 Å². The molecule has 0 aliphatic rings. The van der Waals surface area contributed by atoms with Gasteiger partial charge < -0.3 is 10.2 Å². The standard InChI is InChI=1S/C8H8N2O3/c11-3-5-1-2-6(4-12)8-7(5)9-13-10-8/h1-2,11-12H,3-4H2. The predicted octanol–water partition coefficient (Wildman–Crippen LogP) is 0.207. The molecule has 0 aliphatic heterocycles. The molecule has 5 heteroatoms. The van der Waals surface area contributed by atoms with Crippen molar-refractivity contribution in [2.24, 2.45) is 0 Å². The van der Waals surface area contributed by atoms with Crippen molar-refractivity contribution in [1.29, 1.82) is 0 Å². The lowest BCUT2D eigenvalue weighted by atomic mass is 10.1. The van der Waals surface area contributed by atoms with Gasteiger partial charge in [0.05, 0.1) is 13.2 Å². The highest BCUT2D eigenvalue weighted by molar-refractivity contribution is 5.80. The molecule has 0 bridgehead atoms. The highest BCUT2D eigenvalue weighted by atomic mass is 16.6. The SMILES string of the molecule is OCc1ccc(CO)c2nonc12. The molecule has 2 N–H and O–H groups in total. The van der Waals surface area contributed by atoms with Crippen LogP contribution in [0.25, 0.3) is 11.0 Å². The minimum atomic E-state index is -0.115. The van der Waals surface area contributed by atoms with Crippen molar-refractivity contribution in [3.8, 4) is 0 Å². The van der Waals surface area contributed by atoms with Gasteiger partial charge in [0.2, 0.25) is 0 Å². The number of aliphatic hydroxyl groups excluding tert-OH is 2. The first kappa shape index (κ1) is 8.15. The summed E-state index contributed by atoms with van der Waals surface area (Å²) in [6, 6.07) is 3.39. The van der Waals surface area contributed by atoms with Gasteiger partial charge in [0.1, 0.15) is 11.0 Å². The van der Waals surface area contributed by atoms with Crippen molar-refractivity contribution < 1.29 is 14.8 Å². The first-order chi connectivity index (χ1) is 6.36. The van der Waals surface area contributed by atoms with Gasteiger partial charge >= 0.3 is 0 Å². The molecule has 0 radical (unpaired) electrons. The Morgan fingerprint density at radius 2 is 1.46 bits per heavy atom. The van der Waals surface area contributed by atoms with Crippen LogP contribution >= 0.6 is 0 Å². The molecule has 1 aromatic heterocycles. The van der Waals surface area contributed by atoms with Crippen molar-refractivity contribution in [3.63, 3.8) is 0 Å². The maximum absolute atomic E-state index is 8.95. The van der Waals surface area contributed by atoms with Crippen LogP contribution < -0.4 is 0 Å². The monoisotopic (exact) mass is 180 g/mol. The number of aliphatic hydroxyl groups is 2. The van der Waals surface area contributed by atoms with Crippen molar-refractivity contribution in [2.75, 3.05) is 0 Å². The van der Waals surface area contributed by atoms with E-state index < -0.39 is 0 Å². The molecule has 0 spiro atoms. The van der Waals surface area contributed by atoms with Crippen molar-refractivity contribution >= 4 is 11.0 Å². The van der Waals surface area contributed by atoms with Crippen LogP contribution in [-0.2, 0) is 13.2 Å². The van der Waals surface area contributed by atoms with Gasteiger partial charge in [-0.25, -0.2) is 4.63 Å². The van der Waals surface area contributed by atoms with Crippen molar-refractivity contribution in [2.45, 2.75) is 13.2 Å². The first-order valence-electron chi connectivity index (χ1n) is 3.81. The molecule has 13 heavy (non-hydrogen) atoms. The summed E-state index contributed by atoms with van der Waals surface area (Å²) < 4.78 is 4.53. The number of benzene rings is 1. The summed E-state index contributed by atoms with van der Waals surface area (Å²) in [5, 5.41) is 25.2. The third-order valence-corrected chi connectivity index (χ3v) is 1.92. The molecule has 0 saturated carbocycles. The third kappa shape index (κ3) is 1.18. The number of aromatic nitrogens is 2. The Hall–Kier alpha value is -1.46. The molecule has 1 heterocycles.